The number of nitrogens with zero attached hydrogens (tertiary/aromatic N) is 1. The summed E-state index contributed by atoms with van der Waals surface area (Å²) in [6.07, 6.45) is 1.27. The fraction of sp³-hybridized carbons (Fsp3) is 0.533. The molecule has 0 aliphatic heterocycles. The van der Waals surface area contributed by atoms with Crippen molar-refractivity contribution < 1.29 is 9.84 Å². The SMILES string of the molecule is CC(O)C(C)OC1(C#N)CCc2ccccc2C1. The largest absolute Gasteiger partial charge is 0.391 e. The molecule has 0 radical (unpaired) electrons. The second-order valence-electron chi connectivity index (χ2n) is 5.12. The van der Waals surface area contributed by atoms with Crippen LogP contribution in [0.25, 0.3) is 0 Å². The first-order valence-corrected chi connectivity index (χ1v) is 6.40. The van der Waals surface area contributed by atoms with Gasteiger partial charge in [-0.1, -0.05) is 24.3 Å². The van der Waals surface area contributed by atoms with E-state index < -0.39 is 11.7 Å². The molecule has 96 valence electrons. The fourth-order valence-electron chi connectivity index (χ4n) is 2.38. The highest BCUT2D eigenvalue weighted by Crippen LogP contribution is 2.32. The lowest BCUT2D eigenvalue weighted by atomic mass is 9.81. The molecule has 0 saturated carbocycles. The normalized spacial score (nSPS) is 25.9. The van der Waals surface area contributed by atoms with Crippen molar-refractivity contribution in [1.82, 2.24) is 0 Å². The zero-order valence-electron chi connectivity index (χ0n) is 10.9. The Morgan fingerprint density at radius 2 is 2.00 bits per heavy atom. The topological polar surface area (TPSA) is 53.2 Å². The lowest BCUT2D eigenvalue weighted by molar-refractivity contribution is -0.100. The Hall–Kier alpha value is -1.37. The predicted octanol–water partition coefficient (Wildman–Crippen LogP) is 2.22. The molecule has 2 rings (SSSR count). The second-order valence-corrected chi connectivity index (χ2v) is 5.12. The second kappa shape index (κ2) is 5.09. The third-order valence-corrected chi connectivity index (χ3v) is 3.69. The highest BCUT2D eigenvalue weighted by atomic mass is 16.5. The van der Waals surface area contributed by atoms with Crippen molar-refractivity contribution in [2.24, 2.45) is 0 Å². The van der Waals surface area contributed by atoms with E-state index in [2.05, 4.69) is 18.2 Å². The maximum absolute atomic E-state index is 9.52. The predicted molar refractivity (Wildman–Crippen MR) is 69.0 cm³/mol. The van der Waals surface area contributed by atoms with Crippen LogP contribution >= 0.6 is 0 Å². The number of aryl methyl sites for hydroxylation is 1. The van der Waals surface area contributed by atoms with E-state index in [-0.39, 0.29) is 6.10 Å². The minimum Gasteiger partial charge on any atom is -0.391 e. The van der Waals surface area contributed by atoms with Gasteiger partial charge < -0.3 is 9.84 Å². The van der Waals surface area contributed by atoms with Gasteiger partial charge >= 0.3 is 0 Å². The van der Waals surface area contributed by atoms with Gasteiger partial charge in [-0.3, -0.25) is 0 Å². The Balaban J connectivity index is 2.20. The van der Waals surface area contributed by atoms with Gasteiger partial charge in [0.1, 0.15) is 0 Å². The number of ether oxygens (including phenoxy) is 1. The summed E-state index contributed by atoms with van der Waals surface area (Å²) in [5.41, 5.74) is 1.70. The Morgan fingerprint density at radius 1 is 1.33 bits per heavy atom. The van der Waals surface area contributed by atoms with Crippen LogP contribution in [0.3, 0.4) is 0 Å². The number of aliphatic hydroxyl groups is 1. The lowest BCUT2D eigenvalue weighted by Gasteiger charge is -2.35. The average molecular weight is 245 g/mol. The molecule has 0 amide bonds. The molecular formula is C15H19NO2. The Kier molecular flexibility index (Phi) is 3.70. The molecule has 0 heterocycles. The summed E-state index contributed by atoms with van der Waals surface area (Å²) < 4.78 is 5.84. The van der Waals surface area contributed by atoms with E-state index in [1.807, 2.05) is 19.1 Å². The minimum absolute atomic E-state index is 0.324. The van der Waals surface area contributed by atoms with Gasteiger partial charge in [0.2, 0.25) is 0 Å². The number of hydrogen-bond donors (Lipinski definition) is 1. The highest BCUT2D eigenvalue weighted by Gasteiger charge is 2.37. The summed E-state index contributed by atoms with van der Waals surface area (Å²) in [5, 5.41) is 19.0. The van der Waals surface area contributed by atoms with Crippen LogP contribution in [0.5, 0.6) is 0 Å². The van der Waals surface area contributed by atoms with Gasteiger partial charge in [-0.25, -0.2) is 0 Å². The van der Waals surface area contributed by atoms with Crippen LogP contribution in [0, 0.1) is 11.3 Å². The van der Waals surface area contributed by atoms with E-state index in [9.17, 15) is 10.4 Å². The van der Waals surface area contributed by atoms with Gasteiger partial charge in [0, 0.05) is 6.42 Å². The summed E-state index contributed by atoms with van der Waals surface area (Å²) in [4.78, 5) is 0. The molecule has 3 atom stereocenters. The van der Waals surface area contributed by atoms with Crippen LogP contribution in [-0.2, 0) is 17.6 Å². The average Bonchev–Trinajstić information content (AvgIpc) is 2.38. The van der Waals surface area contributed by atoms with Crippen LogP contribution < -0.4 is 0 Å². The molecular weight excluding hydrogens is 226 g/mol. The van der Waals surface area contributed by atoms with Crippen molar-refractivity contribution in [1.29, 1.82) is 5.26 Å². The molecule has 0 aromatic heterocycles. The van der Waals surface area contributed by atoms with Crippen LogP contribution in [0.2, 0.25) is 0 Å². The third-order valence-electron chi connectivity index (χ3n) is 3.69. The standard InChI is InChI=1S/C15H19NO2/c1-11(17)12(2)18-15(10-16)8-7-13-5-3-4-6-14(13)9-15/h3-6,11-12,17H,7-9H2,1-2H3. The van der Waals surface area contributed by atoms with E-state index in [1.54, 1.807) is 6.92 Å². The maximum Gasteiger partial charge on any atom is 0.159 e. The zero-order valence-corrected chi connectivity index (χ0v) is 10.9. The van der Waals surface area contributed by atoms with Gasteiger partial charge in [-0.05, 0) is 37.8 Å². The zero-order chi connectivity index (χ0) is 13.2. The van der Waals surface area contributed by atoms with Crippen molar-refractivity contribution in [3.63, 3.8) is 0 Å². The monoisotopic (exact) mass is 245 g/mol. The molecule has 0 spiro atoms. The summed E-state index contributed by atoms with van der Waals surface area (Å²) >= 11 is 0. The molecule has 1 N–H and O–H groups in total. The highest BCUT2D eigenvalue weighted by molar-refractivity contribution is 5.33. The van der Waals surface area contributed by atoms with Crippen LogP contribution in [0.4, 0.5) is 0 Å². The number of benzene rings is 1. The first kappa shape index (κ1) is 13.1. The maximum atomic E-state index is 9.52. The molecule has 3 heteroatoms. The Labute approximate surface area is 108 Å². The quantitative estimate of drug-likeness (QED) is 0.888. The first-order chi connectivity index (χ1) is 8.56. The molecule has 1 aromatic carbocycles. The van der Waals surface area contributed by atoms with E-state index in [0.717, 1.165) is 6.42 Å². The van der Waals surface area contributed by atoms with E-state index in [0.29, 0.717) is 12.8 Å². The summed E-state index contributed by atoms with van der Waals surface area (Å²) in [5.74, 6) is 0. The molecule has 3 nitrogen and oxygen atoms in total. The molecule has 0 fully saturated rings. The van der Waals surface area contributed by atoms with Gasteiger partial charge in [0.05, 0.1) is 18.3 Å². The van der Waals surface area contributed by atoms with E-state index in [4.69, 9.17) is 4.74 Å². The molecule has 1 aromatic rings. The Bertz CT molecular complexity index is 464. The van der Waals surface area contributed by atoms with Crippen LogP contribution in [-0.4, -0.2) is 22.9 Å². The van der Waals surface area contributed by atoms with Gasteiger partial charge in [0.25, 0.3) is 0 Å². The van der Waals surface area contributed by atoms with Gasteiger partial charge in [-0.15, -0.1) is 0 Å². The van der Waals surface area contributed by atoms with Crippen LogP contribution in [0.1, 0.15) is 31.4 Å². The summed E-state index contributed by atoms with van der Waals surface area (Å²) in [7, 11) is 0. The third kappa shape index (κ3) is 2.55. The van der Waals surface area contributed by atoms with Crippen molar-refractivity contribution in [3.05, 3.63) is 35.4 Å². The smallest absolute Gasteiger partial charge is 0.159 e. The number of hydrogen-bond acceptors (Lipinski definition) is 3. The lowest BCUT2D eigenvalue weighted by Crippen LogP contribution is -2.42. The van der Waals surface area contributed by atoms with Crippen molar-refractivity contribution in [2.75, 3.05) is 0 Å². The van der Waals surface area contributed by atoms with E-state index >= 15 is 0 Å². The number of rotatable bonds is 3. The van der Waals surface area contributed by atoms with Crippen molar-refractivity contribution in [2.45, 2.75) is 50.9 Å². The summed E-state index contributed by atoms with van der Waals surface area (Å²) in [6.45, 7) is 3.50. The summed E-state index contributed by atoms with van der Waals surface area (Å²) in [6, 6.07) is 10.5. The van der Waals surface area contributed by atoms with Gasteiger partial charge in [-0.2, -0.15) is 5.26 Å². The fourth-order valence-corrected chi connectivity index (χ4v) is 2.38. The molecule has 3 unspecified atom stereocenters. The van der Waals surface area contributed by atoms with Crippen LogP contribution in [0.15, 0.2) is 24.3 Å². The van der Waals surface area contributed by atoms with Crippen molar-refractivity contribution in [3.8, 4) is 6.07 Å². The number of aliphatic hydroxyl groups excluding tert-OH is 1. The minimum atomic E-state index is -0.787. The van der Waals surface area contributed by atoms with E-state index in [1.165, 1.54) is 11.1 Å². The molecule has 0 bridgehead atoms. The number of nitriles is 1. The Morgan fingerprint density at radius 3 is 2.61 bits per heavy atom. The first-order valence-electron chi connectivity index (χ1n) is 6.40. The number of fused-ring (bicyclic) bond motifs is 1. The van der Waals surface area contributed by atoms with Crippen molar-refractivity contribution >= 4 is 0 Å². The molecule has 0 saturated heterocycles. The molecule has 1 aliphatic rings. The molecule has 18 heavy (non-hydrogen) atoms. The molecule has 1 aliphatic carbocycles. The van der Waals surface area contributed by atoms with Gasteiger partial charge in [0.15, 0.2) is 5.60 Å².